The minimum atomic E-state index is -0.931. The molecule has 0 aliphatic heterocycles. The van der Waals surface area contributed by atoms with Gasteiger partial charge in [-0.3, -0.25) is 0 Å². The molecule has 232 valence electrons. The van der Waals surface area contributed by atoms with E-state index in [1.165, 1.54) is 25.7 Å². The predicted molar refractivity (Wildman–Crippen MR) is 171 cm³/mol. The Morgan fingerprint density at radius 3 is 2.05 bits per heavy atom. The molecule has 2 saturated carbocycles. The summed E-state index contributed by atoms with van der Waals surface area (Å²) in [5, 5.41) is 18.9. The molecule has 1 N–H and O–H groups in total. The number of benzene rings is 2. The maximum absolute atomic E-state index is 11.8. The van der Waals surface area contributed by atoms with Crippen LogP contribution in [0.1, 0.15) is 107 Å². The first kappa shape index (κ1) is 30.1. The fourth-order valence-electron chi connectivity index (χ4n) is 6.56. The van der Waals surface area contributed by atoms with Crippen LogP contribution < -0.4 is 9.47 Å². The third-order valence-corrected chi connectivity index (χ3v) is 8.80. The number of aromatic carboxylic acids is 1. The van der Waals surface area contributed by atoms with Crippen LogP contribution in [-0.2, 0) is 13.0 Å². The van der Waals surface area contributed by atoms with Gasteiger partial charge < -0.3 is 19.1 Å². The van der Waals surface area contributed by atoms with Crippen LogP contribution in [0.15, 0.2) is 48.5 Å². The molecule has 44 heavy (non-hydrogen) atoms. The number of hydrogen-bond acceptors (Lipinski definition) is 6. The fraction of sp³-hybridized carbons (Fsp3) is 0.500. The van der Waals surface area contributed by atoms with Gasteiger partial charge >= 0.3 is 5.97 Å². The quantitative estimate of drug-likeness (QED) is 0.208. The minimum absolute atomic E-state index is 0.000830. The molecule has 2 aromatic heterocycles. The van der Waals surface area contributed by atoms with Gasteiger partial charge in [-0.25, -0.2) is 9.78 Å². The highest BCUT2D eigenvalue weighted by Gasteiger charge is 2.28. The Labute approximate surface area is 259 Å². The zero-order valence-electron chi connectivity index (χ0n) is 26.2. The van der Waals surface area contributed by atoms with Gasteiger partial charge in [-0.05, 0) is 79.5 Å². The van der Waals surface area contributed by atoms with Crippen LogP contribution in [0, 0.1) is 5.41 Å². The largest absolute Gasteiger partial charge is 0.478 e. The summed E-state index contributed by atoms with van der Waals surface area (Å²) in [4.78, 5) is 17.0. The van der Waals surface area contributed by atoms with Gasteiger partial charge in [0.05, 0.1) is 5.56 Å². The molecular weight excluding hydrogens is 552 g/mol. The van der Waals surface area contributed by atoms with Gasteiger partial charge in [-0.15, -0.1) is 10.2 Å². The zero-order chi connectivity index (χ0) is 30.7. The third kappa shape index (κ3) is 6.90. The first-order chi connectivity index (χ1) is 21.2. The summed E-state index contributed by atoms with van der Waals surface area (Å²) in [5.74, 6) is 1.05. The number of rotatable bonds is 9. The highest BCUT2D eigenvalue weighted by molar-refractivity contribution is 5.96. The van der Waals surface area contributed by atoms with Crippen molar-refractivity contribution in [3.63, 3.8) is 0 Å². The van der Waals surface area contributed by atoms with Crippen LogP contribution in [-0.4, -0.2) is 43.0 Å². The average molecular weight is 597 g/mol. The van der Waals surface area contributed by atoms with E-state index in [1.54, 1.807) is 12.1 Å². The molecule has 0 unspecified atom stereocenters. The molecule has 0 atom stereocenters. The summed E-state index contributed by atoms with van der Waals surface area (Å²) < 4.78 is 15.3. The van der Waals surface area contributed by atoms with Crippen molar-refractivity contribution in [1.29, 1.82) is 0 Å². The molecule has 0 spiro atoms. The molecule has 0 bridgehead atoms. The van der Waals surface area contributed by atoms with E-state index in [0.717, 1.165) is 72.9 Å². The Bertz CT molecular complexity index is 1590. The number of ether oxygens (including phenoxy) is 2. The molecule has 2 aromatic carbocycles. The molecule has 2 heterocycles. The molecule has 2 fully saturated rings. The van der Waals surface area contributed by atoms with E-state index in [2.05, 4.69) is 47.7 Å². The molecule has 4 aromatic rings. The second-order valence-electron chi connectivity index (χ2n) is 13.7. The number of carbonyl (C=O) groups is 1. The highest BCUT2D eigenvalue weighted by Crippen LogP contribution is 2.36. The summed E-state index contributed by atoms with van der Waals surface area (Å²) in [6.45, 7) is 7.24. The first-order valence-corrected chi connectivity index (χ1v) is 16.3. The Kier molecular flexibility index (Phi) is 8.87. The Morgan fingerprint density at radius 1 is 0.841 bits per heavy atom. The zero-order valence-corrected chi connectivity index (χ0v) is 26.2. The van der Waals surface area contributed by atoms with Crippen molar-refractivity contribution < 1.29 is 19.4 Å². The molecule has 8 heteroatoms. The summed E-state index contributed by atoms with van der Waals surface area (Å²) >= 11 is 0. The SMILES string of the molecule is CC(C)(C)Cc1nc2c(OC3CCCCC3)nnc(OC3CCCCC3)c2n1Cc1ccc(-c2ccccc2C(=O)O)cc1. The summed E-state index contributed by atoms with van der Waals surface area (Å²) in [6.07, 6.45) is 12.3. The topological polar surface area (TPSA) is 99.4 Å². The molecule has 8 nitrogen and oxygen atoms in total. The monoisotopic (exact) mass is 596 g/mol. The van der Waals surface area contributed by atoms with Crippen molar-refractivity contribution in [2.75, 3.05) is 0 Å². The average Bonchev–Trinajstić information content (AvgIpc) is 3.36. The molecule has 0 amide bonds. The summed E-state index contributed by atoms with van der Waals surface area (Å²) in [6, 6.07) is 15.2. The molecule has 0 radical (unpaired) electrons. The van der Waals surface area contributed by atoms with Gasteiger partial charge in [0.25, 0.3) is 11.8 Å². The van der Waals surface area contributed by atoms with E-state index in [0.29, 0.717) is 29.4 Å². The van der Waals surface area contributed by atoms with Crippen LogP contribution in [0.2, 0.25) is 0 Å². The summed E-state index contributed by atoms with van der Waals surface area (Å²) in [5.41, 5.74) is 4.51. The van der Waals surface area contributed by atoms with Crippen molar-refractivity contribution >= 4 is 17.0 Å². The lowest BCUT2D eigenvalue weighted by atomic mass is 9.92. The number of carboxylic acids is 1. The number of hydrogen-bond donors (Lipinski definition) is 1. The van der Waals surface area contributed by atoms with Crippen molar-refractivity contribution in [1.82, 2.24) is 19.7 Å². The van der Waals surface area contributed by atoms with E-state index < -0.39 is 5.97 Å². The second kappa shape index (κ2) is 13.0. The molecular formula is C36H44N4O4. The number of imidazole rings is 1. The lowest BCUT2D eigenvalue weighted by molar-refractivity contribution is 0.0697. The van der Waals surface area contributed by atoms with E-state index in [4.69, 9.17) is 14.5 Å². The van der Waals surface area contributed by atoms with Gasteiger partial charge in [0.2, 0.25) is 0 Å². The maximum atomic E-state index is 11.8. The molecule has 0 saturated heterocycles. The van der Waals surface area contributed by atoms with Crippen LogP contribution in [0.3, 0.4) is 0 Å². The number of aromatic nitrogens is 4. The van der Waals surface area contributed by atoms with Crippen molar-refractivity contribution in [2.45, 2.75) is 110 Å². The number of nitrogens with zero attached hydrogens (tertiary/aromatic N) is 4. The number of carboxylic acid groups (broad SMARTS) is 1. The predicted octanol–water partition coefficient (Wildman–Crippen LogP) is 8.25. The summed E-state index contributed by atoms with van der Waals surface area (Å²) in [7, 11) is 0. The first-order valence-electron chi connectivity index (χ1n) is 16.3. The molecule has 2 aliphatic carbocycles. The highest BCUT2D eigenvalue weighted by atomic mass is 16.5. The van der Waals surface area contributed by atoms with Crippen LogP contribution in [0.4, 0.5) is 0 Å². The standard InChI is InChI=1S/C36H44N4O4/c1-36(2,3)22-30-37-31-32(40(30)23-24-18-20-25(21-19-24)28-16-10-11-17-29(28)35(41)42)34(44-27-14-8-5-9-15-27)39-38-33(31)43-26-12-6-4-7-13-26/h10-11,16-21,26-27H,4-9,12-15,22-23H2,1-3H3,(H,41,42). The molecule has 2 aliphatic rings. The fourth-order valence-corrected chi connectivity index (χ4v) is 6.56. The lowest BCUT2D eigenvalue weighted by Crippen LogP contribution is -2.22. The third-order valence-electron chi connectivity index (χ3n) is 8.80. The smallest absolute Gasteiger partial charge is 0.336 e. The van der Waals surface area contributed by atoms with Crippen LogP contribution >= 0.6 is 0 Å². The van der Waals surface area contributed by atoms with Gasteiger partial charge in [-0.1, -0.05) is 76.1 Å². The number of fused-ring (bicyclic) bond motifs is 1. The van der Waals surface area contributed by atoms with Crippen molar-refractivity contribution in [2.24, 2.45) is 5.41 Å². The van der Waals surface area contributed by atoms with Crippen molar-refractivity contribution in [3.05, 3.63) is 65.5 Å². The Morgan fingerprint density at radius 2 is 1.43 bits per heavy atom. The van der Waals surface area contributed by atoms with E-state index >= 15 is 0 Å². The van der Waals surface area contributed by atoms with Gasteiger partial charge in [-0.2, -0.15) is 0 Å². The van der Waals surface area contributed by atoms with Gasteiger partial charge in [0.1, 0.15) is 23.5 Å². The van der Waals surface area contributed by atoms with Gasteiger partial charge in [0.15, 0.2) is 5.52 Å². The lowest BCUT2D eigenvalue weighted by Gasteiger charge is -2.24. The Hall–Kier alpha value is -3.94. The maximum Gasteiger partial charge on any atom is 0.336 e. The van der Waals surface area contributed by atoms with E-state index in [9.17, 15) is 9.90 Å². The van der Waals surface area contributed by atoms with E-state index in [1.807, 2.05) is 24.3 Å². The Balaban J connectivity index is 1.41. The van der Waals surface area contributed by atoms with Crippen LogP contribution in [0.5, 0.6) is 11.8 Å². The molecule has 6 rings (SSSR count). The minimum Gasteiger partial charge on any atom is -0.478 e. The van der Waals surface area contributed by atoms with Gasteiger partial charge in [0, 0.05) is 13.0 Å². The van der Waals surface area contributed by atoms with Crippen molar-refractivity contribution in [3.8, 4) is 22.9 Å². The normalized spacial score (nSPS) is 16.7. The second-order valence-corrected chi connectivity index (χ2v) is 13.7. The van der Waals surface area contributed by atoms with Crippen LogP contribution in [0.25, 0.3) is 22.2 Å². The van der Waals surface area contributed by atoms with E-state index in [-0.39, 0.29) is 17.6 Å².